The second kappa shape index (κ2) is 7.88. The molecule has 20 heavy (non-hydrogen) atoms. The van der Waals surface area contributed by atoms with Crippen molar-refractivity contribution in [1.29, 1.82) is 0 Å². The summed E-state index contributed by atoms with van der Waals surface area (Å²) in [5, 5.41) is 5.72. The minimum Gasteiger partial charge on any atom is -0.495 e. The Hall–Kier alpha value is -2.44. The zero-order valence-electron chi connectivity index (χ0n) is 11.7. The molecule has 0 aliphatic carbocycles. The van der Waals surface area contributed by atoms with Crippen LogP contribution in [0.5, 0.6) is 5.75 Å². The van der Waals surface area contributed by atoms with E-state index >= 15 is 0 Å². The predicted octanol–water partition coefficient (Wildman–Crippen LogP) is 1.85. The number of hydrogen-bond acceptors (Lipinski definition) is 6. The minimum atomic E-state index is -0.731. The van der Waals surface area contributed by atoms with Crippen molar-refractivity contribution < 1.29 is 23.8 Å². The maximum atomic E-state index is 11.0. The molecular formula is C13H18N2O5. The van der Waals surface area contributed by atoms with Crippen LogP contribution in [0.1, 0.15) is 6.92 Å². The largest absolute Gasteiger partial charge is 0.508 e. The van der Waals surface area contributed by atoms with Crippen molar-refractivity contribution in [2.45, 2.75) is 6.92 Å². The Morgan fingerprint density at radius 2 is 2.00 bits per heavy atom. The van der Waals surface area contributed by atoms with Crippen LogP contribution in [0.4, 0.5) is 16.2 Å². The summed E-state index contributed by atoms with van der Waals surface area (Å²) >= 11 is 0. The van der Waals surface area contributed by atoms with Gasteiger partial charge in [0.25, 0.3) is 0 Å². The lowest BCUT2D eigenvalue weighted by Gasteiger charge is -2.13. The van der Waals surface area contributed by atoms with Gasteiger partial charge in [0.15, 0.2) is 0 Å². The number of ether oxygens (including phenoxy) is 3. The van der Waals surface area contributed by atoms with E-state index in [-0.39, 0.29) is 12.5 Å². The summed E-state index contributed by atoms with van der Waals surface area (Å²) in [7, 11) is 2.79. The predicted molar refractivity (Wildman–Crippen MR) is 74.1 cm³/mol. The van der Waals surface area contributed by atoms with Crippen molar-refractivity contribution in [2.24, 2.45) is 0 Å². The van der Waals surface area contributed by atoms with Crippen LogP contribution in [0.3, 0.4) is 0 Å². The van der Waals surface area contributed by atoms with E-state index in [4.69, 9.17) is 9.47 Å². The minimum absolute atomic E-state index is 0.153. The fourth-order valence-corrected chi connectivity index (χ4v) is 1.51. The topological polar surface area (TPSA) is 85.9 Å². The second-order valence-corrected chi connectivity index (χ2v) is 3.83. The van der Waals surface area contributed by atoms with Gasteiger partial charge in [-0.05, 0) is 18.2 Å². The Morgan fingerprint density at radius 3 is 2.60 bits per heavy atom. The first kappa shape index (κ1) is 15.6. The standard InChI is InChI=1S/C13H18N2O5/c1-9(16)15-10-4-5-12(18-2)11(8-10)14-6-7-20-13(17)19-3/h4-5,8,14H,6-7H2,1-3H3,(H,15,16). The Morgan fingerprint density at radius 1 is 1.25 bits per heavy atom. The molecule has 0 saturated carbocycles. The summed E-state index contributed by atoms with van der Waals surface area (Å²) in [6.07, 6.45) is -0.731. The van der Waals surface area contributed by atoms with Crippen LogP contribution in [0.15, 0.2) is 18.2 Å². The molecule has 1 aromatic rings. The van der Waals surface area contributed by atoms with E-state index in [0.717, 1.165) is 0 Å². The van der Waals surface area contributed by atoms with Crippen molar-refractivity contribution in [3.8, 4) is 5.75 Å². The zero-order chi connectivity index (χ0) is 15.0. The summed E-state index contributed by atoms with van der Waals surface area (Å²) in [5.41, 5.74) is 1.34. The summed E-state index contributed by atoms with van der Waals surface area (Å²) in [5.74, 6) is 0.465. The number of nitrogens with one attached hydrogen (secondary N) is 2. The molecule has 0 heterocycles. The van der Waals surface area contributed by atoms with Crippen molar-refractivity contribution in [1.82, 2.24) is 0 Å². The molecule has 0 spiro atoms. The van der Waals surface area contributed by atoms with Gasteiger partial charge in [-0.1, -0.05) is 0 Å². The molecule has 1 aromatic carbocycles. The van der Waals surface area contributed by atoms with Gasteiger partial charge in [-0.2, -0.15) is 0 Å². The highest BCUT2D eigenvalue weighted by molar-refractivity contribution is 5.89. The van der Waals surface area contributed by atoms with Gasteiger partial charge >= 0.3 is 6.16 Å². The number of anilines is 2. The molecule has 7 nitrogen and oxygen atoms in total. The first-order valence-electron chi connectivity index (χ1n) is 5.97. The smallest absolute Gasteiger partial charge is 0.495 e. The van der Waals surface area contributed by atoms with E-state index in [9.17, 15) is 9.59 Å². The lowest BCUT2D eigenvalue weighted by molar-refractivity contribution is -0.114. The second-order valence-electron chi connectivity index (χ2n) is 3.83. The zero-order valence-corrected chi connectivity index (χ0v) is 11.7. The third-order valence-electron chi connectivity index (χ3n) is 2.32. The first-order valence-corrected chi connectivity index (χ1v) is 5.97. The number of benzene rings is 1. The number of methoxy groups -OCH3 is 2. The van der Waals surface area contributed by atoms with Gasteiger partial charge in [0.1, 0.15) is 12.4 Å². The first-order chi connectivity index (χ1) is 9.56. The molecule has 1 rings (SSSR count). The van der Waals surface area contributed by atoms with Crippen LogP contribution in [-0.4, -0.2) is 39.4 Å². The van der Waals surface area contributed by atoms with Gasteiger partial charge in [0, 0.05) is 19.2 Å². The van der Waals surface area contributed by atoms with Gasteiger partial charge in [-0.25, -0.2) is 4.79 Å². The van der Waals surface area contributed by atoms with Crippen LogP contribution >= 0.6 is 0 Å². The third-order valence-corrected chi connectivity index (χ3v) is 2.32. The normalized spacial score (nSPS) is 9.55. The van der Waals surface area contributed by atoms with Gasteiger partial charge in [0.05, 0.1) is 19.9 Å². The SMILES string of the molecule is COC(=O)OCCNc1cc(NC(C)=O)ccc1OC. The van der Waals surface area contributed by atoms with Gasteiger partial charge in [-0.3, -0.25) is 4.79 Å². The molecule has 0 atom stereocenters. The number of hydrogen-bond donors (Lipinski definition) is 2. The van der Waals surface area contributed by atoms with Crippen LogP contribution in [-0.2, 0) is 14.3 Å². The maximum Gasteiger partial charge on any atom is 0.508 e. The summed E-state index contributed by atoms with van der Waals surface area (Å²) in [4.78, 5) is 21.8. The molecule has 7 heteroatoms. The van der Waals surface area contributed by atoms with E-state index in [0.29, 0.717) is 23.7 Å². The monoisotopic (exact) mass is 282 g/mol. The quantitative estimate of drug-likeness (QED) is 0.611. The van der Waals surface area contributed by atoms with Gasteiger partial charge in [-0.15, -0.1) is 0 Å². The van der Waals surface area contributed by atoms with E-state index in [1.807, 2.05) is 0 Å². The maximum absolute atomic E-state index is 11.0. The van der Waals surface area contributed by atoms with Gasteiger partial charge in [0.2, 0.25) is 5.91 Å². The summed E-state index contributed by atoms with van der Waals surface area (Å²) in [6, 6.07) is 5.20. The molecule has 0 unspecified atom stereocenters. The van der Waals surface area contributed by atoms with Crippen molar-refractivity contribution in [2.75, 3.05) is 38.0 Å². The Labute approximate surface area is 117 Å². The number of carbonyl (C=O) groups excluding carboxylic acids is 2. The lowest BCUT2D eigenvalue weighted by atomic mass is 10.2. The molecular weight excluding hydrogens is 264 g/mol. The average Bonchev–Trinajstić information content (AvgIpc) is 2.43. The molecule has 110 valence electrons. The average molecular weight is 282 g/mol. The van der Waals surface area contributed by atoms with Gasteiger partial charge < -0.3 is 24.8 Å². The molecule has 0 saturated heterocycles. The Bertz CT molecular complexity index is 476. The van der Waals surface area contributed by atoms with Crippen LogP contribution in [0.2, 0.25) is 0 Å². The fourth-order valence-electron chi connectivity index (χ4n) is 1.51. The molecule has 0 radical (unpaired) electrons. The number of carbonyl (C=O) groups is 2. The van der Waals surface area contributed by atoms with E-state index in [1.54, 1.807) is 25.3 Å². The number of amides is 1. The summed E-state index contributed by atoms with van der Waals surface area (Å²) in [6.45, 7) is 1.97. The summed E-state index contributed by atoms with van der Waals surface area (Å²) < 4.78 is 14.3. The molecule has 0 fully saturated rings. The van der Waals surface area contributed by atoms with E-state index < -0.39 is 6.16 Å². The molecule has 0 aromatic heterocycles. The highest BCUT2D eigenvalue weighted by Crippen LogP contribution is 2.27. The lowest BCUT2D eigenvalue weighted by Crippen LogP contribution is -2.14. The fraction of sp³-hybridized carbons (Fsp3) is 0.385. The van der Waals surface area contributed by atoms with Crippen molar-refractivity contribution in [3.05, 3.63) is 18.2 Å². The third kappa shape index (κ3) is 5.05. The number of rotatable bonds is 6. The molecule has 0 bridgehead atoms. The van der Waals surface area contributed by atoms with Crippen LogP contribution in [0.25, 0.3) is 0 Å². The van der Waals surface area contributed by atoms with Crippen molar-refractivity contribution >= 4 is 23.4 Å². The molecule has 2 N–H and O–H groups in total. The Kier molecular flexibility index (Phi) is 6.15. The van der Waals surface area contributed by atoms with Crippen LogP contribution < -0.4 is 15.4 Å². The highest BCUT2D eigenvalue weighted by atomic mass is 16.7. The molecule has 0 aliphatic rings. The van der Waals surface area contributed by atoms with E-state index in [1.165, 1.54) is 14.0 Å². The van der Waals surface area contributed by atoms with E-state index in [2.05, 4.69) is 15.4 Å². The van der Waals surface area contributed by atoms with Crippen molar-refractivity contribution in [3.63, 3.8) is 0 Å². The Balaban J connectivity index is 2.61. The highest BCUT2D eigenvalue weighted by Gasteiger charge is 2.06. The molecule has 1 amide bonds. The van der Waals surface area contributed by atoms with Crippen LogP contribution in [0, 0.1) is 0 Å². The molecule has 0 aliphatic heterocycles.